The van der Waals surface area contributed by atoms with Gasteiger partial charge in [-0.15, -0.1) is 0 Å². The molecule has 11 heteroatoms. The molecule has 0 spiro atoms. The van der Waals surface area contributed by atoms with Crippen molar-refractivity contribution in [3.8, 4) is 0 Å². The van der Waals surface area contributed by atoms with Gasteiger partial charge in [0.2, 0.25) is 5.91 Å². The summed E-state index contributed by atoms with van der Waals surface area (Å²) in [4.78, 5) is 74.3. The van der Waals surface area contributed by atoms with E-state index in [1.165, 1.54) is 27.9 Å². The van der Waals surface area contributed by atoms with Gasteiger partial charge in [0.05, 0.1) is 13.2 Å². The zero-order chi connectivity index (χ0) is 33.6. The number of amides is 4. The molecule has 250 valence electrons. The third-order valence-electron chi connectivity index (χ3n) is 8.89. The molecule has 11 nitrogen and oxygen atoms in total. The number of likely N-dealkylation sites (tertiary alicyclic amines) is 1. The number of esters is 1. The molecule has 4 amide bonds. The van der Waals surface area contributed by atoms with E-state index in [1.54, 1.807) is 11.9 Å². The van der Waals surface area contributed by atoms with Crippen molar-refractivity contribution in [1.29, 1.82) is 0 Å². The van der Waals surface area contributed by atoms with Crippen LogP contribution in [0.3, 0.4) is 0 Å². The van der Waals surface area contributed by atoms with Gasteiger partial charge in [-0.3, -0.25) is 33.8 Å². The third kappa shape index (κ3) is 8.20. The molecule has 44 heavy (non-hydrogen) atoms. The van der Waals surface area contributed by atoms with E-state index < -0.39 is 54.0 Å². The topological polar surface area (TPSA) is 117 Å². The van der Waals surface area contributed by atoms with Gasteiger partial charge in [0.1, 0.15) is 23.9 Å². The lowest BCUT2D eigenvalue weighted by Crippen LogP contribution is -2.59. The first-order chi connectivity index (χ1) is 20.5. The van der Waals surface area contributed by atoms with E-state index in [-0.39, 0.29) is 29.6 Å². The van der Waals surface area contributed by atoms with Crippen molar-refractivity contribution in [3.05, 3.63) is 11.8 Å². The average molecular weight is 621 g/mol. The summed E-state index contributed by atoms with van der Waals surface area (Å²) in [5.74, 6) is -2.16. The lowest BCUT2D eigenvalue weighted by molar-refractivity contribution is -0.170. The number of carbonyl (C=O) groups is 5. The van der Waals surface area contributed by atoms with Crippen LogP contribution in [0.1, 0.15) is 81.1 Å². The predicted molar refractivity (Wildman–Crippen MR) is 168 cm³/mol. The van der Waals surface area contributed by atoms with Gasteiger partial charge in [-0.2, -0.15) is 0 Å². The second-order valence-electron chi connectivity index (χ2n) is 13.7. The van der Waals surface area contributed by atoms with Crippen LogP contribution in [-0.4, -0.2) is 114 Å². The number of imide groups is 1. The van der Waals surface area contributed by atoms with Crippen LogP contribution in [0.15, 0.2) is 11.8 Å². The molecule has 6 atom stereocenters. The van der Waals surface area contributed by atoms with Crippen LogP contribution in [0.25, 0.3) is 0 Å². The summed E-state index contributed by atoms with van der Waals surface area (Å²) >= 11 is 0. The summed E-state index contributed by atoms with van der Waals surface area (Å²) in [6.07, 6.45) is 2.46. The molecule has 0 aromatic heterocycles. The van der Waals surface area contributed by atoms with E-state index in [1.807, 2.05) is 69.5 Å². The SMILES string of the molecule is CCC(C)C(OC(=O)C(CC(C)C)N(C)C)C(=O)N(C)C(C(=O)N1CCCC1C(=O)N1C(=O)C=C(OC)C1C(C)C)C(C)C. The monoisotopic (exact) mass is 620 g/mol. The molecule has 6 unspecified atom stereocenters. The fourth-order valence-electron chi connectivity index (χ4n) is 6.24. The number of ether oxygens (including phenoxy) is 2. The molecule has 2 aliphatic rings. The van der Waals surface area contributed by atoms with Crippen LogP contribution in [0.2, 0.25) is 0 Å². The Morgan fingerprint density at radius 1 is 1.02 bits per heavy atom. The quantitative estimate of drug-likeness (QED) is 0.215. The van der Waals surface area contributed by atoms with Gasteiger partial charge >= 0.3 is 5.97 Å². The highest BCUT2D eigenvalue weighted by Crippen LogP contribution is 2.31. The molecule has 0 N–H and O–H groups in total. The Kier molecular flexibility index (Phi) is 13.4. The molecule has 2 heterocycles. The third-order valence-corrected chi connectivity index (χ3v) is 8.89. The number of carbonyl (C=O) groups excluding carboxylic acids is 5. The molecule has 0 saturated carbocycles. The van der Waals surface area contributed by atoms with Gasteiger partial charge in [0, 0.05) is 25.6 Å². The summed E-state index contributed by atoms with van der Waals surface area (Å²) in [5.41, 5.74) is 0. The van der Waals surface area contributed by atoms with Gasteiger partial charge in [-0.05, 0) is 57.5 Å². The van der Waals surface area contributed by atoms with Crippen LogP contribution in [-0.2, 0) is 33.4 Å². The Morgan fingerprint density at radius 2 is 1.64 bits per heavy atom. The lowest BCUT2D eigenvalue weighted by atomic mass is 9.96. The van der Waals surface area contributed by atoms with E-state index in [4.69, 9.17) is 9.47 Å². The maximum absolute atomic E-state index is 14.2. The van der Waals surface area contributed by atoms with Crippen LogP contribution in [0.4, 0.5) is 0 Å². The number of nitrogens with zero attached hydrogens (tertiary/aromatic N) is 4. The minimum atomic E-state index is -1.07. The van der Waals surface area contributed by atoms with Crippen molar-refractivity contribution in [2.45, 2.75) is 111 Å². The van der Waals surface area contributed by atoms with E-state index in [0.717, 1.165) is 0 Å². The summed E-state index contributed by atoms with van der Waals surface area (Å²) in [7, 11) is 6.66. The smallest absolute Gasteiger partial charge is 0.324 e. The van der Waals surface area contributed by atoms with Gasteiger partial charge in [-0.25, -0.2) is 0 Å². The van der Waals surface area contributed by atoms with Crippen LogP contribution in [0, 0.1) is 23.7 Å². The molecule has 2 aliphatic heterocycles. The van der Waals surface area contributed by atoms with Crippen LogP contribution in [0.5, 0.6) is 0 Å². The fraction of sp³-hybridized carbons (Fsp3) is 0.788. The lowest BCUT2D eigenvalue weighted by Gasteiger charge is -2.38. The Morgan fingerprint density at radius 3 is 2.11 bits per heavy atom. The Hall–Kier alpha value is -2.95. The van der Waals surface area contributed by atoms with Crippen molar-refractivity contribution in [1.82, 2.24) is 19.6 Å². The van der Waals surface area contributed by atoms with Gasteiger partial charge < -0.3 is 19.3 Å². The Labute approximate surface area is 264 Å². The molecule has 0 aromatic rings. The maximum Gasteiger partial charge on any atom is 0.324 e. The maximum atomic E-state index is 14.2. The molecule has 0 aromatic carbocycles. The molecule has 0 bridgehead atoms. The summed E-state index contributed by atoms with van der Waals surface area (Å²) in [5, 5.41) is 0. The van der Waals surface area contributed by atoms with Crippen molar-refractivity contribution in [3.63, 3.8) is 0 Å². The molecular formula is C33H56N4O7. The minimum Gasteiger partial charge on any atom is -0.499 e. The number of hydrogen-bond acceptors (Lipinski definition) is 8. The second-order valence-corrected chi connectivity index (χ2v) is 13.7. The first kappa shape index (κ1) is 37.2. The largest absolute Gasteiger partial charge is 0.499 e. The van der Waals surface area contributed by atoms with Gasteiger partial charge in [0.15, 0.2) is 6.10 Å². The second kappa shape index (κ2) is 15.9. The summed E-state index contributed by atoms with van der Waals surface area (Å²) in [6.45, 7) is 15.7. The molecule has 0 radical (unpaired) electrons. The van der Waals surface area contributed by atoms with Gasteiger partial charge in [0.25, 0.3) is 17.7 Å². The van der Waals surface area contributed by atoms with Crippen LogP contribution < -0.4 is 0 Å². The zero-order valence-corrected chi connectivity index (χ0v) is 29.0. The van der Waals surface area contributed by atoms with Crippen LogP contribution >= 0.6 is 0 Å². The number of methoxy groups -OCH3 is 1. The van der Waals surface area contributed by atoms with E-state index in [2.05, 4.69) is 0 Å². The molecular weight excluding hydrogens is 564 g/mol. The highest BCUT2D eigenvalue weighted by molar-refractivity contribution is 6.07. The van der Waals surface area contributed by atoms with Crippen molar-refractivity contribution in [2.75, 3.05) is 34.8 Å². The summed E-state index contributed by atoms with van der Waals surface area (Å²) < 4.78 is 11.3. The van der Waals surface area contributed by atoms with Crippen molar-refractivity contribution in [2.24, 2.45) is 23.7 Å². The zero-order valence-electron chi connectivity index (χ0n) is 29.0. The van der Waals surface area contributed by atoms with E-state index in [9.17, 15) is 24.0 Å². The molecule has 2 rings (SSSR count). The number of likely N-dealkylation sites (N-methyl/N-ethyl adjacent to an activating group) is 2. The van der Waals surface area contributed by atoms with Gasteiger partial charge in [-0.1, -0.05) is 55.4 Å². The summed E-state index contributed by atoms with van der Waals surface area (Å²) in [6, 6.07) is -2.78. The van der Waals surface area contributed by atoms with Crippen molar-refractivity contribution < 1.29 is 33.4 Å². The fourth-order valence-corrected chi connectivity index (χ4v) is 6.24. The molecule has 1 saturated heterocycles. The number of rotatable bonds is 14. The van der Waals surface area contributed by atoms with Crippen molar-refractivity contribution >= 4 is 29.6 Å². The molecule has 0 aliphatic carbocycles. The highest BCUT2D eigenvalue weighted by atomic mass is 16.6. The first-order valence-electron chi connectivity index (χ1n) is 16.1. The normalized spacial score (nSPS) is 21.5. The first-order valence-corrected chi connectivity index (χ1v) is 16.1. The molecule has 1 fully saturated rings. The standard InChI is InChI=1S/C33H56N4O7/c1-13-22(8)29(44-33(42)24(34(9)10)17-19(2)3)32(41)35(11)28(21(6)7)31(40)36-16-14-15-23(36)30(39)37-26(38)18-25(43-12)27(37)20(4)5/h18-24,27-29H,13-17H2,1-12H3. The van der Waals surface area contributed by atoms with E-state index in [0.29, 0.717) is 38.0 Å². The predicted octanol–water partition coefficient (Wildman–Crippen LogP) is 3.32. The minimum absolute atomic E-state index is 0.0813. The average Bonchev–Trinajstić information content (AvgIpc) is 3.57. The Balaban J connectivity index is 2.35. The Bertz CT molecular complexity index is 1090. The van der Waals surface area contributed by atoms with E-state index >= 15 is 0 Å². The number of hydrogen-bond donors (Lipinski definition) is 0. The highest BCUT2D eigenvalue weighted by Gasteiger charge is 2.48.